The molecule has 1 N–H and O–H groups in total. The molecule has 0 aliphatic carbocycles. The Kier molecular flexibility index (Phi) is 5.73. The average Bonchev–Trinajstić information content (AvgIpc) is 2.83. The molecule has 3 amide bonds. The number of benzene rings is 2. The quantitative estimate of drug-likeness (QED) is 0.919. The van der Waals surface area contributed by atoms with E-state index in [2.05, 4.69) is 5.32 Å². The Labute approximate surface area is 153 Å². The molecule has 2 aromatic rings. The second kappa shape index (κ2) is 8.38. The number of ether oxygens (including phenoxy) is 1. The zero-order valence-corrected chi connectivity index (χ0v) is 14.9. The number of nitrogens with zero attached hydrogens (tertiary/aromatic N) is 2. The summed E-state index contributed by atoms with van der Waals surface area (Å²) in [7, 11) is 1.76. The Morgan fingerprint density at radius 2 is 1.88 bits per heavy atom. The number of carbonyl (C=O) groups excluding carboxylic acids is 2. The van der Waals surface area contributed by atoms with Crippen LogP contribution in [0.1, 0.15) is 12.0 Å². The van der Waals surface area contributed by atoms with E-state index < -0.39 is 0 Å². The highest BCUT2D eigenvalue weighted by atomic mass is 16.5. The van der Waals surface area contributed by atoms with E-state index in [9.17, 15) is 9.59 Å². The Morgan fingerprint density at radius 1 is 1.08 bits per heavy atom. The third-order valence-corrected chi connectivity index (χ3v) is 4.35. The minimum Gasteiger partial charge on any atom is -0.489 e. The molecule has 0 aromatic heterocycles. The number of hydrogen-bond acceptors (Lipinski definition) is 3. The van der Waals surface area contributed by atoms with Crippen molar-refractivity contribution >= 4 is 17.6 Å². The highest BCUT2D eigenvalue weighted by Gasteiger charge is 2.21. The van der Waals surface area contributed by atoms with E-state index in [0.29, 0.717) is 44.1 Å². The normalized spacial score (nSPS) is 14.7. The predicted octanol–water partition coefficient (Wildman–Crippen LogP) is 2.96. The summed E-state index contributed by atoms with van der Waals surface area (Å²) in [5.41, 5.74) is 1.75. The van der Waals surface area contributed by atoms with Crippen LogP contribution in [0.15, 0.2) is 54.6 Å². The fourth-order valence-corrected chi connectivity index (χ4v) is 2.74. The molecule has 136 valence electrons. The van der Waals surface area contributed by atoms with Gasteiger partial charge in [-0.25, -0.2) is 4.79 Å². The highest BCUT2D eigenvalue weighted by Crippen LogP contribution is 2.19. The molecule has 0 saturated carbocycles. The number of urea groups is 1. The summed E-state index contributed by atoms with van der Waals surface area (Å²) in [4.78, 5) is 27.5. The summed E-state index contributed by atoms with van der Waals surface area (Å²) in [5, 5.41) is 2.88. The molecule has 6 nitrogen and oxygen atoms in total. The molecule has 0 atom stereocenters. The van der Waals surface area contributed by atoms with Gasteiger partial charge in [-0.05, 0) is 17.7 Å². The number of rotatable bonds is 4. The van der Waals surface area contributed by atoms with Gasteiger partial charge in [0, 0.05) is 44.9 Å². The maximum absolute atomic E-state index is 12.5. The van der Waals surface area contributed by atoms with E-state index in [-0.39, 0.29) is 11.9 Å². The molecule has 1 saturated heterocycles. The number of hydrogen-bond donors (Lipinski definition) is 1. The van der Waals surface area contributed by atoms with Gasteiger partial charge in [-0.1, -0.05) is 36.4 Å². The first-order chi connectivity index (χ1) is 12.6. The predicted molar refractivity (Wildman–Crippen MR) is 100 cm³/mol. The van der Waals surface area contributed by atoms with Gasteiger partial charge in [0.25, 0.3) is 0 Å². The molecule has 6 heteroatoms. The zero-order chi connectivity index (χ0) is 18.4. The van der Waals surface area contributed by atoms with E-state index in [1.54, 1.807) is 22.9 Å². The van der Waals surface area contributed by atoms with Gasteiger partial charge in [-0.3, -0.25) is 4.79 Å². The molecule has 0 unspecified atom stereocenters. The molecule has 1 aliphatic rings. The molecule has 26 heavy (non-hydrogen) atoms. The van der Waals surface area contributed by atoms with Crippen molar-refractivity contribution in [1.29, 1.82) is 0 Å². The van der Waals surface area contributed by atoms with Crippen LogP contribution in [0.25, 0.3) is 0 Å². The van der Waals surface area contributed by atoms with Crippen molar-refractivity contribution in [2.24, 2.45) is 0 Å². The lowest BCUT2D eigenvalue weighted by atomic mass is 10.2. The van der Waals surface area contributed by atoms with Gasteiger partial charge < -0.3 is 19.9 Å². The van der Waals surface area contributed by atoms with E-state index in [4.69, 9.17) is 4.74 Å². The van der Waals surface area contributed by atoms with Crippen molar-refractivity contribution in [3.8, 4) is 5.75 Å². The summed E-state index contributed by atoms with van der Waals surface area (Å²) < 4.78 is 5.79. The fraction of sp³-hybridized carbons (Fsp3) is 0.300. The smallest absolute Gasteiger partial charge is 0.321 e. The van der Waals surface area contributed by atoms with Crippen molar-refractivity contribution in [2.45, 2.75) is 13.0 Å². The summed E-state index contributed by atoms with van der Waals surface area (Å²) in [6.07, 6.45) is 0.351. The zero-order valence-electron chi connectivity index (χ0n) is 14.9. The number of carbonyl (C=O) groups is 2. The van der Waals surface area contributed by atoms with Crippen LogP contribution in [0.4, 0.5) is 10.5 Å². The van der Waals surface area contributed by atoms with Crippen molar-refractivity contribution < 1.29 is 14.3 Å². The molecule has 0 bridgehead atoms. The number of nitrogens with one attached hydrogen (secondary N) is 1. The first-order valence-electron chi connectivity index (χ1n) is 8.68. The molecule has 1 fully saturated rings. The molecule has 3 rings (SSSR count). The summed E-state index contributed by atoms with van der Waals surface area (Å²) in [6.45, 7) is 1.97. The Bertz CT molecular complexity index is 764. The number of amides is 3. The highest BCUT2D eigenvalue weighted by molar-refractivity contribution is 5.90. The lowest BCUT2D eigenvalue weighted by Gasteiger charge is -2.21. The van der Waals surface area contributed by atoms with Gasteiger partial charge >= 0.3 is 6.03 Å². The monoisotopic (exact) mass is 353 g/mol. The molecule has 2 aromatic carbocycles. The van der Waals surface area contributed by atoms with Crippen LogP contribution in [0.3, 0.4) is 0 Å². The SMILES string of the molecule is CN1CCN(C(=O)Nc2cccc(OCc3ccccc3)c2)CCC1=O. The van der Waals surface area contributed by atoms with Gasteiger partial charge in [0.2, 0.25) is 5.91 Å². The van der Waals surface area contributed by atoms with E-state index in [0.717, 1.165) is 5.56 Å². The first-order valence-corrected chi connectivity index (χ1v) is 8.68. The lowest BCUT2D eigenvalue weighted by molar-refractivity contribution is -0.129. The summed E-state index contributed by atoms with van der Waals surface area (Å²) >= 11 is 0. The Hall–Kier alpha value is -3.02. The van der Waals surface area contributed by atoms with Gasteiger partial charge in [-0.15, -0.1) is 0 Å². The van der Waals surface area contributed by atoms with Gasteiger partial charge in [0.15, 0.2) is 0 Å². The minimum absolute atomic E-state index is 0.0663. The standard InChI is InChI=1S/C20H23N3O3/c1-22-12-13-23(11-10-19(22)24)20(25)21-17-8-5-9-18(14-17)26-15-16-6-3-2-4-7-16/h2-9,14H,10-13,15H2,1H3,(H,21,25). The topological polar surface area (TPSA) is 61.9 Å². The van der Waals surface area contributed by atoms with Crippen LogP contribution < -0.4 is 10.1 Å². The van der Waals surface area contributed by atoms with Crippen molar-refractivity contribution in [1.82, 2.24) is 9.80 Å². The third-order valence-electron chi connectivity index (χ3n) is 4.35. The first kappa shape index (κ1) is 17.8. The molecule has 1 heterocycles. The van der Waals surface area contributed by atoms with Crippen molar-refractivity contribution in [3.05, 3.63) is 60.2 Å². The average molecular weight is 353 g/mol. The van der Waals surface area contributed by atoms with Crippen LogP contribution in [0, 0.1) is 0 Å². The second-order valence-electron chi connectivity index (χ2n) is 6.28. The van der Waals surface area contributed by atoms with Gasteiger partial charge in [0.05, 0.1) is 0 Å². The van der Waals surface area contributed by atoms with Crippen LogP contribution in [-0.2, 0) is 11.4 Å². The second-order valence-corrected chi connectivity index (χ2v) is 6.28. The lowest BCUT2D eigenvalue weighted by Crippen LogP contribution is -2.37. The molecular formula is C20H23N3O3. The van der Waals surface area contributed by atoms with Gasteiger partial charge in [-0.2, -0.15) is 0 Å². The summed E-state index contributed by atoms with van der Waals surface area (Å²) in [5.74, 6) is 0.758. The maximum atomic E-state index is 12.5. The Morgan fingerprint density at radius 3 is 2.69 bits per heavy atom. The molecule has 1 aliphatic heterocycles. The number of likely N-dealkylation sites (N-methyl/N-ethyl adjacent to an activating group) is 1. The van der Waals surface area contributed by atoms with E-state index in [1.807, 2.05) is 48.5 Å². The van der Waals surface area contributed by atoms with Gasteiger partial charge in [0.1, 0.15) is 12.4 Å². The molecule has 0 radical (unpaired) electrons. The van der Waals surface area contributed by atoms with Crippen molar-refractivity contribution in [2.75, 3.05) is 32.0 Å². The van der Waals surface area contributed by atoms with Crippen LogP contribution in [0.5, 0.6) is 5.75 Å². The largest absolute Gasteiger partial charge is 0.489 e. The minimum atomic E-state index is -0.201. The molecular weight excluding hydrogens is 330 g/mol. The molecule has 0 spiro atoms. The maximum Gasteiger partial charge on any atom is 0.321 e. The van der Waals surface area contributed by atoms with Crippen LogP contribution in [0.2, 0.25) is 0 Å². The fourth-order valence-electron chi connectivity index (χ4n) is 2.74. The van der Waals surface area contributed by atoms with Crippen molar-refractivity contribution in [3.63, 3.8) is 0 Å². The number of anilines is 1. The Balaban J connectivity index is 1.57. The van der Waals surface area contributed by atoms with Crippen LogP contribution in [-0.4, -0.2) is 48.4 Å². The van der Waals surface area contributed by atoms with E-state index >= 15 is 0 Å². The van der Waals surface area contributed by atoms with Crippen LogP contribution >= 0.6 is 0 Å². The van der Waals surface area contributed by atoms with E-state index in [1.165, 1.54) is 0 Å². The third kappa shape index (κ3) is 4.75. The summed E-state index contributed by atoms with van der Waals surface area (Å²) in [6, 6.07) is 17.0.